The van der Waals surface area contributed by atoms with Gasteiger partial charge >= 0.3 is 0 Å². The van der Waals surface area contributed by atoms with Crippen molar-refractivity contribution in [2.75, 3.05) is 39.8 Å². The Morgan fingerprint density at radius 3 is 2.67 bits per heavy atom. The summed E-state index contributed by atoms with van der Waals surface area (Å²) in [6, 6.07) is 0.678. The molecule has 0 saturated carbocycles. The number of carbonyl (C=O) groups is 1. The van der Waals surface area contributed by atoms with Gasteiger partial charge in [-0.2, -0.15) is 0 Å². The van der Waals surface area contributed by atoms with Crippen molar-refractivity contribution in [1.29, 1.82) is 0 Å². The minimum absolute atomic E-state index is 0.00382. The summed E-state index contributed by atoms with van der Waals surface area (Å²) in [6.07, 6.45) is 7.21. The molecule has 1 aromatic heterocycles. The molecule has 134 valence electrons. The van der Waals surface area contributed by atoms with Crippen molar-refractivity contribution in [3.05, 3.63) is 11.9 Å². The molecule has 0 atom stereocenters. The summed E-state index contributed by atoms with van der Waals surface area (Å²) >= 11 is 0. The number of carbonyl (C=O) groups excluding carboxylic acids is 1. The maximum Gasteiger partial charge on any atom is 0.276 e. The third-order valence-corrected chi connectivity index (χ3v) is 5.38. The summed E-state index contributed by atoms with van der Waals surface area (Å²) in [6.45, 7) is 7.55. The Morgan fingerprint density at radius 1 is 1.29 bits per heavy atom. The molecule has 0 radical (unpaired) electrons. The molecule has 2 aliphatic heterocycles. The molecule has 0 bridgehead atoms. The van der Waals surface area contributed by atoms with Gasteiger partial charge in [-0.15, -0.1) is 5.10 Å². The van der Waals surface area contributed by atoms with Gasteiger partial charge in [-0.05, 0) is 51.7 Å². The predicted molar refractivity (Wildman–Crippen MR) is 93.0 cm³/mol. The largest absolute Gasteiger partial charge is 0.337 e. The third-order valence-electron chi connectivity index (χ3n) is 5.38. The molecule has 24 heavy (non-hydrogen) atoms. The molecule has 1 N–H and O–H groups in total. The van der Waals surface area contributed by atoms with Crippen LogP contribution in [0, 0.1) is 0 Å². The van der Waals surface area contributed by atoms with Crippen LogP contribution < -0.4 is 5.32 Å². The smallest absolute Gasteiger partial charge is 0.276 e. The molecule has 7 heteroatoms. The van der Waals surface area contributed by atoms with Crippen molar-refractivity contribution < 1.29 is 4.79 Å². The number of nitrogens with zero attached hydrogens (tertiary/aromatic N) is 5. The van der Waals surface area contributed by atoms with Crippen LogP contribution in [0.4, 0.5) is 0 Å². The van der Waals surface area contributed by atoms with Crippen LogP contribution in [0.2, 0.25) is 0 Å². The zero-order chi connectivity index (χ0) is 16.9. The fourth-order valence-corrected chi connectivity index (χ4v) is 3.82. The van der Waals surface area contributed by atoms with Crippen molar-refractivity contribution in [1.82, 2.24) is 30.1 Å². The van der Waals surface area contributed by atoms with Crippen molar-refractivity contribution in [3.63, 3.8) is 0 Å². The first-order valence-electron chi connectivity index (χ1n) is 9.31. The molecule has 1 amide bonds. The summed E-state index contributed by atoms with van der Waals surface area (Å²) < 4.78 is 1.88. The highest BCUT2D eigenvalue weighted by Crippen LogP contribution is 2.19. The van der Waals surface area contributed by atoms with Crippen molar-refractivity contribution in [3.8, 4) is 0 Å². The highest BCUT2D eigenvalue weighted by molar-refractivity contribution is 5.91. The standard InChI is InChI=1S/C17H30N6O/c1-3-10-22-11-6-14(7-12-22)21(2)17(24)16-13-23(20-19-16)15-4-8-18-9-5-15/h13-15,18H,3-12H2,1-2H3. The molecule has 0 aliphatic carbocycles. The summed E-state index contributed by atoms with van der Waals surface area (Å²) in [7, 11) is 1.91. The minimum Gasteiger partial charge on any atom is -0.337 e. The van der Waals surface area contributed by atoms with Crippen molar-refractivity contribution >= 4 is 5.91 Å². The Morgan fingerprint density at radius 2 is 2.00 bits per heavy atom. The van der Waals surface area contributed by atoms with Gasteiger partial charge in [0.25, 0.3) is 5.91 Å². The fraction of sp³-hybridized carbons (Fsp3) is 0.824. The van der Waals surface area contributed by atoms with Crippen LogP contribution in [-0.4, -0.2) is 76.5 Å². The van der Waals surface area contributed by atoms with Gasteiger partial charge in [-0.25, -0.2) is 4.68 Å². The zero-order valence-corrected chi connectivity index (χ0v) is 14.9. The van der Waals surface area contributed by atoms with Gasteiger partial charge in [0.1, 0.15) is 0 Å². The van der Waals surface area contributed by atoms with Gasteiger partial charge in [-0.1, -0.05) is 12.1 Å². The normalized spacial score (nSPS) is 21.1. The van der Waals surface area contributed by atoms with Crippen molar-refractivity contribution in [2.24, 2.45) is 0 Å². The first kappa shape index (κ1) is 17.4. The van der Waals surface area contributed by atoms with Crippen LogP contribution in [0.5, 0.6) is 0 Å². The topological polar surface area (TPSA) is 66.3 Å². The van der Waals surface area contributed by atoms with E-state index < -0.39 is 0 Å². The molecule has 3 rings (SSSR count). The van der Waals surface area contributed by atoms with E-state index in [0.29, 0.717) is 17.8 Å². The van der Waals surface area contributed by atoms with Crippen LogP contribution >= 0.6 is 0 Å². The Kier molecular flexibility index (Phi) is 5.84. The van der Waals surface area contributed by atoms with Gasteiger partial charge in [0.15, 0.2) is 5.69 Å². The average Bonchev–Trinajstić information content (AvgIpc) is 3.12. The van der Waals surface area contributed by atoms with E-state index in [4.69, 9.17) is 0 Å². The molecule has 2 saturated heterocycles. The third kappa shape index (κ3) is 3.95. The van der Waals surface area contributed by atoms with Gasteiger partial charge in [0.05, 0.1) is 12.2 Å². The van der Waals surface area contributed by atoms with Crippen LogP contribution in [0.25, 0.3) is 0 Å². The van der Waals surface area contributed by atoms with Gasteiger partial charge in [0.2, 0.25) is 0 Å². The number of amides is 1. The summed E-state index contributed by atoms with van der Waals surface area (Å²) in [5.74, 6) is 0.00382. The summed E-state index contributed by atoms with van der Waals surface area (Å²) in [4.78, 5) is 17.1. The Hall–Kier alpha value is -1.47. The van der Waals surface area contributed by atoms with E-state index >= 15 is 0 Å². The molecule has 0 aromatic carbocycles. The monoisotopic (exact) mass is 334 g/mol. The lowest BCUT2D eigenvalue weighted by Crippen LogP contribution is -2.45. The van der Waals surface area contributed by atoms with E-state index in [1.54, 1.807) is 0 Å². The Labute approximate surface area is 144 Å². The number of rotatable bonds is 5. The predicted octanol–water partition coefficient (Wildman–Crippen LogP) is 1.15. The highest BCUT2D eigenvalue weighted by atomic mass is 16.2. The molecule has 2 aliphatic rings. The molecule has 3 heterocycles. The zero-order valence-electron chi connectivity index (χ0n) is 14.9. The number of hydrogen-bond acceptors (Lipinski definition) is 5. The maximum atomic E-state index is 12.7. The second kappa shape index (κ2) is 8.07. The van der Waals surface area contributed by atoms with Gasteiger partial charge < -0.3 is 15.1 Å². The van der Waals surface area contributed by atoms with E-state index in [9.17, 15) is 4.79 Å². The summed E-state index contributed by atoms with van der Waals surface area (Å²) in [5, 5.41) is 11.7. The molecule has 0 unspecified atom stereocenters. The van der Waals surface area contributed by atoms with Gasteiger partial charge in [0, 0.05) is 26.2 Å². The van der Waals surface area contributed by atoms with E-state index in [0.717, 1.165) is 58.4 Å². The second-order valence-corrected chi connectivity index (χ2v) is 7.05. The molecular weight excluding hydrogens is 304 g/mol. The number of hydrogen-bond donors (Lipinski definition) is 1. The van der Waals surface area contributed by atoms with Gasteiger partial charge in [-0.3, -0.25) is 4.79 Å². The number of piperidine rings is 2. The lowest BCUT2D eigenvalue weighted by molar-refractivity contribution is 0.0637. The number of nitrogens with one attached hydrogen (secondary N) is 1. The molecule has 1 aromatic rings. The molecule has 2 fully saturated rings. The van der Waals surface area contributed by atoms with E-state index in [1.807, 2.05) is 22.8 Å². The maximum absolute atomic E-state index is 12.7. The van der Waals surface area contributed by atoms with Crippen LogP contribution in [0.15, 0.2) is 6.20 Å². The van der Waals surface area contributed by atoms with E-state index in [1.165, 1.54) is 6.42 Å². The fourth-order valence-electron chi connectivity index (χ4n) is 3.82. The number of aromatic nitrogens is 3. The van der Waals surface area contributed by atoms with E-state index in [2.05, 4.69) is 27.5 Å². The first-order chi connectivity index (χ1) is 11.7. The summed E-state index contributed by atoms with van der Waals surface area (Å²) in [5.41, 5.74) is 0.479. The average molecular weight is 334 g/mol. The Bertz CT molecular complexity index is 531. The quantitative estimate of drug-likeness (QED) is 0.875. The first-order valence-corrected chi connectivity index (χ1v) is 9.31. The SMILES string of the molecule is CCCN1CCC(N(C)C(=O)c2cn(C3CCNCC3)nn2)CC1. The number of likely N-dealkylation sites (tertiary alicyclic amines) is 1. The highest BCUT2D eigenvalue weighted by Gasteiger charge is 2.27. The van der Waals surface area contributed by atoms with Crippen molar-refractivity contribution in [2.45, 2.75) is 51.1 Å². The lowest BCUT2D eigenvalue weighted by atomic mass is 10.0. The molecule has 7 nitrogen and oxygen atoms in total. The lowest BCUT2D eigenvalue weighted by Gasteiger charge is -2.36. The molecular formula is C17H30N6O. The second-order valence-electron chi connectivity index (χ2n) is 7.05. The van der Waals surface area contributed by atoms with Crippen LogP contribution in [-0.2, 0) is 0 Å². The Balaban J connectivity index is 1.57. The van der Waals surface area contributed by atoms with Crippen LogP contribution in [0.1, 0.15) is 55.6 Å². The molecule has 0 spiro atoms. The minimum atomic E-state index is 0.00382. The van der Waals surface area contributed by atoms with E-state index in [-0.39, 0.29) is 5.91 Å². The van der Waals surface area contributed by atoms with Crippen LogP contribution in [0.3, 0.4) is 0 Å².